The summed E-state index contributed by atoms with van der Waals surface area (Å²) in [7, 11) is 0. The third-order valence-corrected chi connectivity index (χ3v) is 7.76. The molecule has 0 aliphatic heterocycles. The fraction of sp³-hybridized carbons (Fsp3) is 0. The summed E-state index contributed by atoms with van der Waals surface area (Å²) in [5, 5.41) is 20.3. The Morgan fingerprint density at radius 2 is 0.650 bits per heavy atom. The number of pyridine rings is 5. The van der Waals surface area contributed by atoms with Crippen LogP contribution in [0.25, 0.3) is 65.6 Å². The molecule has 9 nitrogen and oxygen atoms in total. The Balaban J connectivity index is 1.15. The molecule has 40 heavy (non-hydrogen) atoms. The lowest BCUT2D eigenvalue weighted by atomic mass is 10.2. The first-order chi connectivity index (χ1) is 19.8. The van der Waals surface area contributed by atoms with E-state index in [2.05, 4.69) is 30.4 Å². The van der Waals surface area contributed by atoms with Gasteiger partial charge in [-0.1, -0.05) is 53.0 Å². The Bertz CT molecular complexity index is 1780. The van der Waals surface area contributed by atoms with Crippen molar-refractivity contribution in [2.75, 3.05) is 0 Å². The van der Waals surface area contributed by atoms with E-state index in [0.717, 1.165) is 34.2 Å². The summed E-state index contributed by atoms with van der Waals surface area (Å²) >= 11 is 2.86. The van der Waals surface area contributed by atoms with Crippen LogP contribution in [0.2, 0.25) is 0 Å². The molecule has 7 aromatic rings. The third-order valence-electron chi connectivity index (χ3n) is 5.83. The topological polar surface area (TPSA) is 116 Å². The SMILES string of the molecule is c1ccc(-c2cccc(-c3nnc(-c4cccc(-c5nnc(-c6cccc(-c7ccccn7)n6)s5)n4)s3)n2)nc1. The number of hydrogen-bond acceptors (Lipinski definition) is 11. The minimum Gasteiger partial charge on any atom is -0.255 e. The highest BCUT2D eigenvalue weighted by molar-refractivity contribution is 7.18. The van der Waals surface area contributed by atoms with Gasteiger partial charge in [0.1, 0.15) is 22.8 Å². The van der Waals surface area contributed by atoms with E-state index in [9.17, 15) is 0 Å². The van der Waals surface area contributed by atoms with E-state index >= 15 is 0 Å². The maximum Gasteiger partial charge on any atom is 0.166 e. The molecule has 7 heterocycles. The lowest BCUT2D eigenvalue weighted by Gasteiger charge is -2.01. The molecule has 0 radical (unpaired) electrons. The van der Waals surface area contributed by atoms with Gasteiger partial charge in [-0.05, 0) is 60.7 Å². The molecule has 0 aromatic carbocycles. The second kappa shape index (κ2) is 10.6. The summed E-state index contributed by atoms with van der Waals surface area (Å²) in [5.41, 5.74) is 6.04. The molecule has 0 saturated heterocycles. The molecule has 0 bridgehead atoms. The summed E-state index contributed by atoms with van der Waals surface area (Å²) < 4.78 is 0. The van der Waals surface area contributed by atoms with Crippen LogP contribution in [0.5, 0.6) is 0 Å². The molecule has 0 fully saturated rings. The van der Waals surface area contributed by atoms with Crippen molar-refractivity contribution in [3.05, 3.63) is 103 Å². The largest absolute Gasteiger partial charge is 0.255 e. The summed E-state index contributed by atoms with van der Waals surface area (Å²) in [5.74, 6) is 0. The molecule has 0 N–H and O–H groups in total. The van der Waals surface area contributed by atoms with Crippen LogP contribution in [0.1, 0.15) is 0 Å². The van der Waals surface area contributed by atoms with E-state index < -0.39 is 0 Å². The molecule has 0 aliphatic rings. The Morgan fingerprint density at radius 1 is 0.325 bits per heavy atom. The van der Waals surface area contributed by atoms with Crippen molar-refractivity contribution in [2.24, 2.45) is 0 Å². The summed E-state index contributed by atoms with van der Waals surface area (Å²) in [6, 6.07) is 28.8. The zero-order valence-corrected chi connectivity index (χ0v) is 22.3. The van der Waals surface area contributed by atoms with E-state index in [1.54, 1.807) is 12.4 Å². The minimum atomic E-state index is 0.691. The lowest BCUT2D eigenvalue weighted by Crippen LogP contribution is -1.89. The molecule has 0 unspecified atom stereocenters. The predicted octanol–water partition coefficient (Wildman–Crippen LogP) is 6.37. The van der Waals surface area contributed by atoms with Gasteiger partial charge >= 0.3 is 0 Å². The quantitative estimate of drug-likeness (QED) is 0.231. The second-order valence-electron chi connectivity index (χ2n) is 8.48. The molecule has 0 saturated carbocycles. The van der Waals surface area contributed by atoms with Crippen molar-refractivity contribution >= 4 is 22.7 Å². The maximum atomic E-state index is 4.81. The molecule has 7 aromatic heterocycles. The first-order valence-corrected chi connectivity index (χ1v) is 13.9. The predicted molar refractivity (Wildman–Crippen MR) is 155 cm³/mol. The van der Waals surface area contributed by atoms with Crippen molar-refractivity contribution in [3.63, 3.8) is 0 Å². The smallest absolute Gasteiger partial charge is 0.166 e. The first-order valence-electron chi connectivity index (χ1n) is 12.2. The zero-order chi connectivity index (χ0) is 26.7. The minimum absolute atomic E-state index is 0.691. The summed E-state index contributed by atoms with van der Waals surface area (Å²) in [6.07, 6.45) is 3.50. The van der Waals surface area contributed by atoms with Crippen molar-refractivity contribution in [3.8, 4) is 65.6 Å². The van der Waals surface area contributed by atoms with Gasteiger partial charge in [-0.15, -0.1) is 20.4 Å². The number of hydrogen-bond donors (Lipinski definition) is 0. The summed E-state index contributed by atoms with van der Waals surface area (Å²) in [4.78, 5) is 23.1. The second-order valence-corrected chi connectivity index (χ2v) is 10.4. The van der Waals surface area contributed by atoms with Crippen LogP contribution in [0.15, 0.2) is 103 Å². The molecule has 0 spiro atoms. The summed E-state index contributed by atoms with van der Waals surface area (Å²) in [6.45, 7) is 0. The average molecular weight is 556 g/mol. The molecule has 190 valence electrons. The van der Waals surface area contributed by atoms with Crippen LogP contribution in [0.3, 0.4) is 0 Å². The first kappa shape index (κ1) is 23.9. The van der Waals surface area contributed by atoms with Crippen LogP contribution < -0.4 is 0 Å². The van der Waals surface area contributed by atoms with Crippen molar-refractivity contribution in [1.82, 2.24) is 45.3 Å². The highest BCUT2D eigenvalue weighted by Crippen LogP contribution is 2.32. The fourth-order valence-corrected chi connectivity index (χ4v) is 5.52. The van der Waals surface area contributed by atoms with Gasteiger partial charge in [-0.3, -0.25) is 9.97 Å². The highest BCUT2D eigenvalue weighted by atomic mass is 32.1. The number of aromatic nitrogens is 9. The van der Waals surface area contributed by atoms with Gasteiger partial charge in [0.2, 0.25) is 0 Å². The van der Waals surface area contributed by atoms with Gasteiger partial charge < -0.3 is 0 Å². The van der Waals surface area contributed by atoms with Crippen LogP contribution in [-0.4, -0.2) is 45.3 Å². The van der Waals surface area contributed by atoms with Gasteiger partial charge in [0.05, 0.1) is 22.8 Å². The number of nitrogens with zero attached hydrogens (tertiary/aromatic N) is 9. The van der Waals surface area contributed by atoms with Gasteiger partial charge in [0, 0.05) is 12.4 Å². The van der Waals surface area contributed by atoms with Crippen LogP contribution in [-0.2, 0) is 0 Å². The lowest BCUT2D eigenvalue weighted by molar-refractivity contribution is 1.07. The average Bonchev–Trinajstić information content (AvgIpc) is 3.74. The number of rotatable bonds is 6. The van der Waals surface area contributed by atoms with Gasteiger partial charge in [-0.2, -0.15) is 0 Å². The monoisotopic (exact) mass is 555 g/mol. The molecule has 0 aliphatic carbocycles. The van der Waals surface area contributed by atoms with Crippen LogP contribution >= 0.6 is 22.7 Å². The Labute approximate surface area is 236 Å². The van der Waals surface area contributed by atoms with Crippen LogP contribution in [0, 0.1) is 0 Å². The maximum absolute atomic E-state index is 4.81. The van der Waals surface area contributed by atoms with Crippen LogP contribution in [0.4, 0.5) is 0 Å². The molecule has 11 heteroatoms. The Hall–Kier alpha value is -5.13. The zero-order valence-electron chi connectivity index (χ0n) is 20.7. The van der Waals surface area contributed by atoms with E-state index in [1.165, 1.54) is 22.7 Å². The Morgan fingerprint density at radius 3 is 1.00 bits per heavy atom. The van der Waals surface area contributed by atoms with Crippen molar-refractivity contribution < 1.29 is 0 Å². The third kappa shape index (κ3) is 4.86. The van der Waals surface area contributed by atoms with Gasteiger partial charge in [0.15, 0.2) is 20.0 Å². The van der Waals surface area contributed by atoms with E-state index in [0.29, 0.717) is 31.4 Å². The standard InChI is InChI=1S/C29H17N9S2/c1-3-16-30-18(8-1)20-10-5-12-22(32-20)26-35-37-28(39-26)24-14-7-15-25(34-24)29-38-36-27(40-29)23-13-6-11-21(33-23)19-9-2-4-17-31-19/h1-17H. The van der Waals surface area contributed by atoms with Crippen molar-refractivity contribution in [1.29, 1.82) is 0 Å². The van der Waals surface area contributed by atoms with Gasteiger partial charge in [-0.25, -0.2) is 15.0 Å². The van der Waals surface area contributed by atoms with E-state index in [1.807, 2.05) is 91.0 Å². The van der Waals surface area contributed by atoms with E-state index in [-0.39, 0.29) is 0 Å². The van der Waals surface area contributed by atoms with E-state index in [4.69, 9.17) is 15.0 Å². The normalized spacial score (nSPS) is 11.0. The molecule has 7 rings (SSSR count). The van der Waals surface area contributed by atoms with Gasteiger partial charge in [0.25, 0.3) is 0 Å². The molecular weight excluding hydrogens is 539 g/mol. The molecule has 0 amide bonds. The highest BCUT2D eigenvalue weighted by Gasteiger charge is 2.16. The van der Waals surface area contributed by atoms with Crippen molar-refractivity contribution in [2.45, 2.75) is 0 Å². The Kier molecular flexibility index (Phi) is 6.32. The molecule has 0 atom stereocenters. The fourth-order valence-electron chi connectivity index (χ4n) is 3.95. The molecular formula is C29H17N9S2.